The van der Waals surface area contributed by atoms with E-state index in [1.807, 2.05) is 0 Å². The highest BCUT2D eigenvalue weighted by molar-refractivity contribution is 7.94. The van der Waals surface area contributed by atoms with Crippen molar-refractivity contribution in [2.75, 3.05) is 0 Å². The molecule has 0 aromatic heterocycles. The van der Waals surface area contributed by atoms with E-state index in [0.29, 0.717) is 37.2 Å². The van der Waals surface area contributed by atoms with Crippen LogP contribution in [0.2, 0.25) is 0 Å². The van der Waals surface area contributed by atoms with E-state index >= 15 is 0 Å². The Morgan fingerprint density at radius 1 is 0.516 bits per heavy atom. The second kappa shape index (κ2) is 22.2. The molecular weight excluding hydrogens is 796 g/mol. The summed E-state index contributed by atoms with van der Waals surface area (Å²) in [6.07, 6.45) is 19.0. The molecule has 0 amide bonds. The molecule has 1 nitrogen and oxygen atoms in total. The van der Waals surface area contributed by atoms with Gasteiger partial charge in [-0.25, -0.2) is 17.6 Å². The molecule has 0 aliphatic heterocycles. The molecule has 5 aromatic rings. The number of hydrogen-bond donors (Lipinski definition) is 0. The standard InChI is InChI=1S/C25H27P.C19H24F2.C12H12F2O/c1-4-14-23(15-5-1)26(24-16-6-2-7-17-24,25-18-8-3-9-19-25)21-20-22-12-10-11-13-22;1-13(14-4-2-3-5-14)15-6-8-16(9-7-15)17-10-18(20)12-19(21)11-17;13-10-5-9(6-11(14)7-10)8-1-3-12(15)4-2-8/h1-9,14-19,21-22H,10-13,20H2;10-12,14,16H,2-9H2,1H3;5-8H,1-4H2. The van der Waals surface area contributed by atoms with Crippen molar-refractivity contribution in [3.8, 4) is 0 Å². The number of rotatable bonds is 8. The van der Waals surface area contributed by atoms with E-state index < -0.39 is 30.2 Å². The average Bonchev–Trinajstić information content (AvgIpc) is 4.04. The van der Waals surface area contributed by atoms with Crippen molar-refractivity contribution < 1.29 is 22.4 Å². The zero-order valence-corrected chi connectivity index (χ0v) is 37.3. The van der Waals surface area contributed by atoms with Gasteiger partial charge in [0, 0.05) is 25.0 Å². The first-order valence-corrected chi connectivity index (χ1v) is 25.1. The molecule has 0 bridgehead atoms. The summed E-state index contributed by atoms with van der Waals surface area (Å²) in [6, 6.07) is 41.1. The number of carbonyl (C=O) groups is 1. The molecule has 4 aliphatic carbocycles. The van der Waals surface area contributed by atoms with Gasteiger partial charge in [-0.15, -0.1) is 0 Å². The van der Waals surface area contributed by atoms with E-state index in [-0.39, 0.29) is 11.7 Å². The Bertz CT molecular complexity index is 2130. The topological polar surface area (TPSA) is 17.1 Å². The average molecular weight is 859 g/mol. The summed E-state index contributed by atoms with van der Waals surface area (Å²) in [4.78, 5) is 11.0. The number of carbonyl (C=O) groups excluding carboxylic acids is 1. The van der Waals surface area contributed by atoms with Crippen LogP contribution in [0.25, 0.3) is 0 Å². The highest BCUT2D eigenvalue weighted by Gasteiger charge is 2.27. The highest BCUT2D eigenvalue weighted by Crippen LogP contribution is 2.45. The van der Waals surface area contributed by atoms with Crippen LogP contribution in [0.4, 0.5) is 17.6 Å². The Balaban J connectivity index is 0.000000145. The summed E-state index contributed by atoms with van der Waals surface area (Å²) in [5.41, 5.74) is 4.76. The molecule has 62 heavy (non-hydrogen) atoms. The van der Waals surface area contributed by atoms with Crippen molar-refractivity contribution in [2.45, 2.75) is 128 Å². The van der Waals surface area contributed by atoms with Crippen LogP contribution < -0.4 is 15.9 Å². The molecule has 5 aromatic carbocycles. The molecule has 9 rings (SSSR count). The molecule has 0 radical (unpaired) electrons. The van der Waals surface area contributed by atoms with E-state index in [1.165, 1.54) is 98.0 Å². The third-order valence-corrected chi connectivity index (χ3v) is 18.1. The first-order valence-electron chi connectivity index (χ1n) is 23.2. The molecule has 0 atom stereocenters. The van der Waals surface area contributed by atoms with Gasteiger partial charge < -0.3 is 0 Å². The van der Waals surface area contributed by atoms with Crippen LogP contribution in [-0.2, 0) is 4.79 Å². The molecule has 4 fully saturated rings. The maximum absolute atomic E-state index is 13.3. The predicted octanol–water partition coefficient (Wildman–Crippen LogP) is 14.7. The van der Waals surface area contributed by atoms with Crippen LogP contribution in [0, 0.1) is 35.1 Å². The van der Waals surface area contributed by atoms with Crippen LogP contribution in [-0.4, -0.2) is 11.6 Å². The largest absolute Gasteiger partial charge is 0.300 e. The summed E-state index contributed by atoms with van der Waals surface area (Å²) in [6.45, 7) is 0.582. The Hall–Kier alpha value is -4.47. The number of ketones is 1. The summed E-state index contributed by atoms with van der Waals surface area (Å²) in [5.74, 6) is 3.11. The van der Waals surface area contributed by atoms with Gasteiger partial charge in [-0.05, 0) is 147 Å². The number of allylic oxidation sites excluding steroid dienone is 2. The second-order valence-electron chi connectivity index (χ2n) is 18.1. The summed E-state index contributed by atoms with van der Waals surface area (Å²) in [5, 5.41) is 4.40. The number of hydrogen-bond acceptors (Lipinski definition) is 1. The summed E-state index contributed by atoms with van der Waals surface area (Å²) < 4.78 is 52.6. The van der Waals surface area contributed by atoms with E-state index in [0.717, 1.165) is 55.2 Å². The fourth-order valence-electron chi connectivity index (χ4n) is 10.5. The molecular formula is C56H63F4OP. The lowest BCUT2D eigenvalue weighted by atomic mass is 9.78. The summed E-state index contributed by atoms with van der Waals surface area (Å²) in [7, 11) is 0. The molecule has 0 spiro atoms. The normalized spacial score (nSPS) is 18.7. The van der Waals surface area contributed by atoms with Crippen LogP contribution in [0.5, 0.6) is 0 Å². The van der Waals surface area contributed by atoms with Crippen LogP contribution >= 0.6 is 6.89 Å². The van der Waals surface area contributed by atoms with E-state index in [9.17, 15) is 22.4 Å². The minimum Gasteiger partial charge on any atom is -0.300 e. The quantitative estimate of drug-likeness (QED) is 0.0863. The zero-order valence-electron chi connectivity index (χ0n) is 36.4. The second-order valence-corrected chi connectivity index (χ2v) is 21.4. The predicted molar refractivity (Wildman–Crippen MR) is 253 cm³/mol. The van der Waals surface area contributed by atoms with Crippen LogP contribution in [0.15, 0.2) is 139 Å². The third-order valence-electron chi connectivity index (χ3n) is 14.0. The lowest BCUT2D eigenvalue weighted by Crippen LogP contribution is -2.27. The first-order chi connectivity index (χ1) is 30.2. The van der Waals surface area contributed by atoms with Crippen LogP contribution in [0.3, 0.4) is 0 Å². The first kappa shape index (κ1) is 45.6. The van der Waals surface area contributed by atoms with Crippen molar-refractivity contribution in [3.63, 3.8) is 0 Å². The third kappa shape index (κ3) is 12.0. The highest BCUT2D eigenvalue weighted by atomic mass is 31.2. The molecule has 0 N–H and O–H groups in total. The molecule has 326 valence electrons. The van der Waals surface area contributed by atoms with Crippen molar-refractivity contribution in [2.24, 2.45) is 11.8 Å². The van der Waals surface area contributed by atoms with Crippen molar-refractivity contribution >= 4 is 34.4 Å². The minimum atomic E-state index is -1.73. The van der Waals surface area contributed by atoms with Gasteiger partial charge in [-0.1, -0.05) is 146 Å². The monoisotopic (exact) mass is 858 g/mol. The van der Waals surface area contributed by atoms with Gasteiger partial charge in [-0.3, -0.25) is 4.79 Å². The SMILES string of the molecule is C(CC1CCCC1)=P(c1ccccc1)(c1ccccc1)c1ccccc1.CC(=C1CCC(c2cc(F)cc(F)c2)CC1)C1CCCC1.O=C1CCC(c2cc(F)cc(F)c2)CC1. The van der Waals surface area contributed by atoms with Crippen molar-refractivity contribution in [1.29, 1.82) is 0 Å². The maximum atomic E-state index is 13.3. The van der Waals surface area contributed by atoms with Gasteiger partial charge in [0.2, 0.25) is 0 Å². The Morgan fingerprint density at radius 3 is 1.29 bits per heavy atom. The van der Waals surface area contributed by atoms with Gasteiger partial charge in [0.25, 0.3) is 0 Å². The van der Waals surface area contributed by atoms with Gasteiger partial charge in [0.1, 0.15) is 29.1 Å². The molecule has 0 unspecified atom stereocenters. The molecule has 4 saturated carbocycles. The Kier molecular flexibility index (Phi) is 16.3. The molecule has 0 heterocycles. The molecule has 0 saturated heterocycles. The fraction of sp³-hybridized carbons (Fsp3) is 0.393. The smallest absolute Gasteiger partial charge is 0.132 e. The van der Waals surface area contributed by atoms with Gasteiger partial charge in [-0.2, -0.15) is 0 Å². The van der Waals surface area contributed by atoms with Gasteiger partial charge >= 0.3 is 0 Å². The minimum absolute atomic E-state index is 0.132. The van der Waals surface area contributed by atoms with E-state index in [1.54, 1.807) is 11.1 Å². The van der Waals surface area contributed by atoms with E-state index in [2.05, 4.69) is 104 Å². The summed E-state index contributed by atoms with van der Waals surface area (Å²) >= 11 is 0. The molecule has 4 aliphatic rings. The maximum Gasteiger partial charge on any atom is 0.132 e. The van der Waals surface area contributed by atoms with Crippen molar-refractivity contribution in [1.82, 2.24) is 0 Å². The number of halogens is 4. The molecule has 6 heteroatoms. The van der Waals surface area contributed by atoms with Gasteiger partial charge in [0.15, 0.2) is 0 Å². The number of Topliss-reactive ketones (excluding diaryl/α,β-unsaturated/α-hetero) is 1. The Labute approximate surface area is 368 Å². The number of benzene rings is 5. The fourth-order valence-corrected chi connectivity index (χ4v) is 14.6. The van der Waals surface area contributed by atoms with Crippen molar-refractivity contribution in [3.05, 3.63) is 173 Å². The lowest BCUT2D eigenvalue weighted by Gasteiger charge is -2.29. The lowest BCUT2D eigenvalue weighted by molar-refractivity contribution is -0.120. The zero-order chi connectivity index (χ0) is 43.3. The van der Waals surface area contributed by atoms with Crippen LogP contribution in [0.1, 0.15) is 139 Å². The Morgan fingerprint density at radius 2 is 0.887 bits per heavy atom. The van der Waals surface area contributed by atoms with E-state index in [4.69, 9.17) is 0 Å². The van der Waals surface area contributed by atoms with Gasteiger partial charge in [0.05, 0.1) is 0 Å².